The molecule has 2 N–H and O–H groups in total. The first-order valence-electron chi connectivity index (χ1n) is 7.25. The molecule has 116 valence electrons. The summed E-state index contributed by atoms with van der Waals surface area (Å²) in [6, 6.07) is 5.54. The predicted molar refractivity (Wildman–Crippen MR) is 77.2 cm³/mol. The van der Waals surface area contributed by atoms with Crippen LogP contribution < -0.4 is 5.32 Å². The van der Waals surface area contributed by atoms with Crippen LogP contribution in [0.15, 0.2) is 24.3 Å². The summed E-state index contributed by atoms with van der Waals surface area (Å²) in [5.74, 6) is -2.10. The van der Waals surface area contributed by atoms with E-state index < -0.39 is 22.7 Å². The molecule has 22 heavy (non-hydrogen) atoms. The predicted octanol–water partition coefficient (Wildman–Crippen LogP) is 2.28. The van der Waals surface area contributed by atoms with Crippen LogP contribution in [0.2, 0.25) is 0 Å². The quantitative estimate of drug-likeness (QED) is 0.655. The van der Waals surface area contributed by atoms with Gasteiger partial charge >= 0.3 is 5.97 Å². The standard InChI is InChI=1S/C15H16N2O5/c18-14(16-10-3-5-11(6-4-10)17(21)22)12-8-1-2-9(7-8)13(12)15(19)20/h3-6,8-9,12-13H,1-2,7H2,(H,16,18)(H,19,20)/t8-,9-,12+,13-/m0/s1. The molecule has 1 aromatic rings. The Kier molecular flexibility index (Phi) is 3.56. The van der Waals surface area contributed by atoms with Crippen molar-refractivity contribution in [2.24, 2.45) is 23.7 Å². The molecule has 2 fully saturated rings. The van der Waals surface area contributed by atoms with E-state index in [1.165, 1.54) is 24.3 Å². The molecule has 2 aliphatic rings. The second kappa shape index (κ2) is 5.40. The number of hydrogen-bond donors (Lipinski definition) is 2. The van der Waals surface area contributed by atoms with Crippen LogP contribution in [0.25, 0.3) is 0 Å². The highest BCUT2D eigenvalue weighted by Gasteiger charge is 2.53. The zero-order valence-electron chi connectivity index (χ0n) is 11.8. The van der Waals surface area contributed by atoms with Crippen molar-refractivity contribution >= 4 is 23.3 Å². The Hall–Kier alpha value is -2.44. The van der Waals surface area contributed by atoms with Crippen molar-refractivity contribution in [1.82, 2.24) is 0 Å². The van der Waals surface area contributed by atoms with Gasteiger partial charge in [0.05, 0.1) is 16.8 Å². The zero-order valence-corrected chi connectivity index (χ0v) is 11.8. The fourth-order valence-corrected chi connectivity index (χ4v) is 3.92. The van der Waals surface area contributed by atoms with E-state index in [0.717, 1.165) is 19.3 Å². The normalized spacial score (nSPS) is 29.3. The third-order valence-corrected chi connectivity index (χ3v) is 4.85. The van der Waals surface area contributed by atoms with Gasteiger partial charge in [-0.05, 0) is 43.2 Å². The minimum atomic E-state index is -0.906. The largest absolute Gasteiger partial charge is 0.481 e. The number of carbonyl (C=O) groups is 2. The van der Waals surface area contributed by atoms with Gasteiger partial charge in [-0.1, -0.05) is 0 Å². The lowest BCUT2D eigenvalue weighted by Crippen LogP contribution is -2.37. The number of benzene rings is 1. The molecule has 1 amide bonds. The molecular formula is C15H16N2O5. The molecule has 1 aromatic carbocycles. The van der Waals surface area contributed by atoms with Crippen LogP contribution in [0.3, 0.4) is 0 Å². The molecule has 3 rings (SSSR count). The highest BCUT2D eigenvalue weighted by Crippen LogP contribution is 2.52. The van der Waals surface area contributed by atoms with Gasteiger partial charge in [0.25, 0.3) is 5.69 Å². The molecule has 0 radical (unpaired) electrons. The van der Waals surface area contributed by atoms with Crippen molar-refractivity contribution in [3.05, 3.63) is 34.4 Å². The van der Waals surface area contributed by atoms with Crippen LogP contribution in [-0.2, 0) is 9.59 Å². The van der Waals surface area contributed by atoms with Crippen LogP contribution in [0.5, 0.6) is 0 Å². The van der Waals surface area contributed by atoms with Crippen molar-refractivity contribution in [1.29, 1.82) is 0 Å². The van der Waals surface area contributed by atoms with E-state index in [1.807, 2.05) is 0 Å². The van der Waals surface area contributed by atoms with E-state index in [4.69, 9.17) is 0 Å². The molecule has 0 unspecified atom stereocenters. The summed E-state index contributed by atoms with van der Waals surface area (Å²) >= 11 is 0. The molecule has 0 aliphatic heterocycles. The number of nitro benzene ring substituents is 1. The molecule has 2 bridgehead atoms. The number of nitro groups is 1. The first kappa shape index (κ1) is 14.5. The summed E-state index contributed by atoms with van der Waals surface area (Å²) in [6.07, 6.45) is 2.57. The number of amides is 1. The number of carboxylic acids is 1. The van der Waals surface area contributed by atoms with Crippen molar-refractivity contribution < 1.29 is 19.6 Å². The number of carboxylic acid groups (broad SMARTS) is 1. The Morgan fingerprint density at radius 1 is 1.14 bits per heavy atom. The lowest BCUT2D eigenvalue weighted by molar-refractivity contribution is -0.384. The molecule has 4 atom stereocenters. The summed E-state index contributed by atoms with van der Waals surface area (Å²) in [5, 5.41) is 22.7. The fraction of sp³-hybridized carbons (Fsp3) is 0.467. The number of nitrogens with one attached hydrogen (secondary N) is 1. The van der Waals surface area contributed by atoms with Gasteiger partial charge in [-0.3, -0.25) is 19.7 Å². The summed E-state index contributed by atoms with van der Waals surface area (Å²) in [4.78, 5) is 33.9. The topological polar surface area (TPSA) is 110 Å². The number of hydrogen-bond acceptors (Lipinski definition) is 4. The third kappa shape index (κ3) is 2.43. The maximum absolute atomic E-state index is 12.4. The van der Waals surface area contributed by atoms with E-state index in [0.29, 0.717) is 5.69 Å². The fourth-order valence-electron chi connectivity index (χ4n) is 3.92. The maximum atomic E-state index is 12.4. The first-order valence-corrected chi connectivity index (χ1v) is 7.25. The smallest absolute Gasteiger partial charge is 0.307 e. The number of fused-ring (bicyclic) bond motifs is 2. The average molecular weight is 304 g/mol. The second-order valence-corrected chi connectivity index (χ2v) is 6.02. The van der Waals surface area contributed by atoms with Gasteiger partial charge in [-0.15, -0.1) is 0 Å². The van der Waals surface area contributed by atoms with Crippen molar-refractivity contribution in [3.63, 3.8) is 0 Å². The molecule has 0 heterocycles. The van der Waals surface area contributed by atoms with Gasteiger partial charge in [-0.2, -0.15) is 0 Å². The Labute approximate surface area is 126 Å². The molecule has 2 saturated carbocycles. The van der Waals surface area contributed by atoms with Gasteiger partial charge in [-0.25, -0.2) is 0 Å². The van der Waals surface area contributed by atoms with Crippen LogP contribution in [0.4, 0.5) is 11.4 Å². The maximum Gasteiger partial charge on any atom is 0.307 e. The molecular weight excluding hydrogens is 288 g/mol. The molecule has 2 aliphatic carbocycles. The van der Waals surface area contributed by atoms with E-state index >= 15 is 0 Å². The minimum absolute atomic E-state index is 0.0543. The Morgan fingerprint density at radius 3 is 2.27 bits per heavy atom. The van der Waals surface area contributed by atoms with Crippen molar-refractivity contribution in [2.45, 2.75) is 19.3 Å². The summed E-state index contributed by atoms with van der Waals surface area (Å²) < 4.78 is 0. The van der Waals surface area contributed by atoms with Crippen LogP contribution in [0, 0.1) is 33.8 Å². The lowest BCUT2D eigenvalue weighted by Gasteiger charge is -2.27. The number of rotatable bonds is 4. The number of carbonyl (C=O) groups excluding carboxylic acids is 1. The highest BCUT2D eigenvalue weighted by atomic mass is 16.6. The molecule has 0 aromatic heterocycles. The lowest BCUT2D eigenvalue weighted by atomic mass is 9.78. The summed E-state index contributed by atoms with van der Waals surface area (Å²) in [7, 11) is 0. The highest BCUT2D eigenvalue weighted by molar-refractivity contribution is 5.96. The molecule has 7 nitrogen and oxygen atoms in total. The Morgan fingerprint density at radius 2 is 1.73 bits per heavy atom. The van der Waals surface area contributed by atoms with Crippen LogP contribution in [0.1, 0.15) is 19.3 Å². The van der Waals surface area contributed by atoms with Crippen molar-refractivity contribution in [3.8, 4) is 0 Å². The van der Waals surface area contributed by atoms with Gasteiger partial charge < -0.3 is 10.4 Å². The number of anilines is 1. The van der Waals surface area contributed by atoms with Gasteiger partial charge in [0.1, 0.15) is 0 Å². The van der Waals surface area contributed by atoms with E-state index in [-0.39, 0.29) is 23.4 Å². The van der Waals surface area contributed by atoms with E-state index in [1.54, 1.807) is 0 Å². The number of nitrogens with zero attached hydrogens (tertiary/aromatic N) is 1. The second-order valence-electron chi connectivity index (χ2n) is 6.02. The van der Waals surface area contributed by atoms with Gasteiger partial charge in [0, 0.05) is 17.8 Å². The van der Waals surface area contributed by atoms with Crippen LogP contribution >= 0.6 is 0 Å². The van der Waals surface area contributed by atoms with Crippen molar-refractivity contribution in [2.75, 3.05) is 5.32 Å². The molecule has 0 spiro atoms. The van der Waals surface area contributed by atoms with Gasteiger partial charge in [0.2, 0.25) is 5.91 Å². The molecule has 0 saturated heterocycles. The Balaban J connectivity index is 1.73. The first-order chi connectivity index (χ1) is 10.5. The third-order valence-electron chi connectivity index (χ3n) is 4.85. The SMILES string of the molecule is O=C(Nc1ccc([N+](=O)[O-])cc1)[C@@H]1[C@H]2CC[C@@H](C2)[C@@H]1C(=O)O. The summed E-state index contributed by atoms with van der Waals surface area (Å²) in [5.41, 5.74) is 0.392. The Bertz CT molecular complexity index is 627. The monoisotopic (exact) mass is 304 g/mol. The van der Waals surface area contributed by atoms with E-state index in [9.17, 15) is 24.8 Å². The van der Waals surface area contributed by atoms with E-state index in [2.05, 4.69) is 5.32 Å². The van der Waals surface area contributed by atoms with Gasteiger partial charge in [0.15, 0.2) is 0 Å². The minimum Gasteiger partial charge on any atom is -0.481 e. The average Bonchev–Trinajstić information content (AvgIpc) is 3.08. The zero-order chi connectivity index (χ0) is 15.9. The van der Waals surface area contributed by atoms with Crippen LogP contribution in [-0.4, -0.2) is 21.9 Å². The molecule has 7 heteroatoms. The summed E-state index contributed by atoms with van der Waals surface area (Å²) in [6.45, 7) is 0. The number of non-ortho nitro benzene ring substituents is 1. The number of aliphatic carboxylic acids is 1.